The van der Waals surface area contributed by atoms with Gasteiger partial charge >= 0.3 is 6.03 Å². The summed E-state index contributed by atoms with van der Waals surface area (Å²) in [6, 6.07) is 11.6. The lowest BCUT2D eigenvalue weighted by Crippen LogP contribution is -2.62. The lowest BCUT2D eigenvalue weighted by molar-refractivity contribution is -0.0966. The molecule has 2 aromatic rings. The summed E-state index contributed by atoms with van der Waals surface area (Å²) < 4.78 is 6.34. The van der Waals surface area contributed by atoms with Crippen LogP contribution in [0.3, 0.4) is 0 Å². The first kappa shape index (κ1) is 13.1. The smallest absolute Gasteiger partial charge is 0.321 e. The van der Waals surface area contributed by atoms with Gasteiger partial charge in [0.15, 0.2) is 0 Å². The fourth-order valence-electron chi connectivity index (χ4n) is 3.29. The third-order valence-corrected chi connectivity index (χ3v) is 4.51. The Balaban J connectivity index is 1.91. The third-order valence-electron chi connectivity index (χ3n) is 4.51. The van der Waals surface area contributed by atoms with E-state index in [9.17, 15) is 4.79 Å². The number of fused-ring (bicyclic) bond motifs is 4. The Labute approximate surface area is 128 Å². The van der Waals surface area contributed by atoms with E-state index in [4.69, 9.17) is 4.74 Å². The number of rotatable bonds is 1. The second kappa shape index (κ2) is 4.47. The van der Waals surface area contributed by atoms with Gasteiger partial charge in [-0.05, 0) is 30.7 Å². The van der Waals surface area contributed by atoms with Gasteiger partial charge in [0.25, 0.3) is 0 Å². The highest BCUT2D eigenvalue weighted by atomic mass is 16.5. The number of aromatic nitrogens is 1. The number of amides is 2. The molecule has 2 unspecified atom stereocenters. The van der Waals surface area contributed by atoms with E-state index in [0.29, 0.717) is 6.42 Å². The molecule has 0 saturated carbocycles. The Morgan fingerprint density at radius 1 is 1.36 bits per heavy atom. The number of nitrogens with zero attached hydrogens (tertiary/aromatic N) is 2. The van der Waals surface area contributed by atoms with Crippen LogP contribution in [0.1, 0.15) is 29.3 Å². The van der Waals surface area contributed by atoms with Gasteiger partial charge < -0.3 is 10.1 Å². The summed E-state index contributed by atoms with van der Waals surface area (Å²) in [5.41, 5.74) is 2.06. The van der Waals surface area contributed by atoms with E-state index in [1.807, 2.05) is 43.3 Å². The van der Waals surface area contributed by atoms with Crippen molar-refractivity contribution in [3.8, 4) is 5.75 Å². The Morgan fingerprint density at radius 2 is 2.23 bits per heavy atom. The predicted octanol–water partition coefficient (Wildman–Crippen LogP) is 2.72. The molecule has 2 aliphatic heterocycles. The van der Waals surface area contributed by atoms with Gasteiger partial charge in [-0.1, -0.05) is 18.2 Å². The summed E-state index contributed by atoms with van der Waals surface area (Å²) in [6.45, 7) is 2.03. The van der Waals surface area contributed by atoms with E-state index in [0.717, 1.165) is 22.6 Å². The highest BCUT2D eigenvalue weighted by Gasteiger charge is 2.52. The number of urea groups is 1. The van der Waals surface area contributed by atoms with E-state index in [1.54, 1.807) is 18.1 Å². The summed E-state index contributed by atoms with van der Waals surface area (Å²) in [4.78, 5) is 18.4. The van der Waals surface area contributed by atoms with Gasteiger partial charge in [-0.15, -0.1) is 0 Å². The first-order chi connectivity index (χ1) is 10.6. The minimum absolute atomic E-state index is 0.0601. The Kier molecular flexibility index (Phi) is 2.66. The lowest BCUT2D eigenvalue weighted by atomic mass is 9.87. The molecule has 4 rings (SSSR count). The zero-order valence-electron chi connectivity index (χ0n) is 12.5. The van der Waals surface area contributed by atoms with Crippen LogP contribution >= 0.6 is 0 Å². The van der Waals surface area contributed by atoms with Crippen molar-refractivity contribution in [3.63, 3.8) is 0 Å². The van der Waals surface area contributed by atoms with Crippen molar-refractivity contribution in [2.24, 2.45) is 0 Å². The SMILES string of the molecule is Cc1ccc2c(c1)OC1(c3ccccn3)CC2NC(=O)N1C. The standard InChI is InChI=1S/C17H17N3O2/c1-11-6-7-12-13-10-17(22-14(12)9-11,20(2)16(21)19-13)15-5-3-4-8-18-15/h3-9,13H,10H2,1-2H3,(H,19,21). The van der Waals surface area contributed by atoms with Crippen LogP contribution in [0.4, 0.5) is 4.79 Å². The van der Waals surface area contributed by atoms with Gasteiger partial charge in [0, 0.05) is 25.2 Å². The molecule has 5 nitrogen and oxygen atoms in total. The zero-order chi connectivity index (χ0) is 15.3. The molecule has 0 aliphatic carbocycles. The first-order valence-corrected chi connectivity index (χ1v) is 7.35. The fraction of sp³-hybridized carbons (Fsp3) is 0.294. The molecule has 0 radical (unpaired) electrons. The zero-order valence-corrected chi connectivity index (χ0v) is 12.5. The maximum absolute atomic E-state index is 12.4. The molecule has 1 N–H and O–H groups in total. The molecule has 2 amide bonds. The summed E-state index contributed by atoms with van der Waals surface area (Å²) in [6.07, 6.45) is 2.37. The fourth-order valence-corrected chi connectivity index (χ4v) is 3.29. The van der Waals surface area contributed by atoms with Gasteiger partial charge in [0.1, 0.15) is 11.4 Å². The van der Waals surface area contributed by atoms with Gasteiger partial charge in [0.2, 0.25) is 5.72 Å². The number of benzene rings is 1. The van der Waals surface area contributed by atoms with Gasteiger partial charge in [-0.3, -0.25) is 9.88 Å². The molecule has 3 heterocycles. The molecule has 112 valence electrons. The molecular formula is C17H17N3O2. The summed E-state index contributed by atoms with van der Waals surface area (Å²) in [5.74, 6) is 0.814. The molecule has 1 saturated heterocycles. The largest absolute Gasteiger partial charge is 0.461 e. The van der Waals surface area contributed by atoms with Crippen molar-refractivity contribution < 1.29 is 9.53 Å². The number of nitrogens with one attached hydrogen (secondary N) is 1. The van der Waals surface area contributed by atoms with E-state index in [2.05, 4.69) is 10.3 Å². The van der Waals surface area contributed by atoms with Crippen LogP contribution in [0.2, 0.25) is 0 Å². The maximum Gasteiger partial charge on any atom is 0.321 e. The topological polar surface area (TPSA) is 54.5 Å². The van der Waals surface area contributed by atoms with Crippen LogP contribution in [0.25, 0.3) is 0 Å². The summed E-state index contributed by atoms with van der Waals surface area (Å²) in [5, 5.41) is 3.05. The molecule has 1 fully saturated rings. The molecule has 2 aliphatic rings. The molecule has 1 aromatic carbocycles. The number of hydrogen-bond donors (Lipinski definition) is 1. The van der Waals surface area contributed by atoms with Crippen molar-refractivity contribution in [1.29, 1.82) is 0 Å². The molecular weight excluding hydrogens is 278 g/mol. The van der Waals surface area contributed by atoms with Gasteiger partial charge in [-0.2, -0.15) is 0 Å². The lowest BCUT2D eigenvalue weighted by Gasteiger charge is -2.50. The van der Waals surface area contributed by atoms with Crippen molar-refractivity contribution in [2.45, 2.75) is 25.1 Å². The summed E-state index contributed by atoms with van der Waals surface area (Å²) in [7, 11) is 1.75. The van der Waals surface area contributed by atoms with E-state index in [-0.39, 0.29) is 12.1 Å². The van der Waals surface area contributed by atoms with Gasteiger partial charge in [-0.25, -0.2) is 4.79 Å². The Hall–Kier alpha value is -2.56. The normalized spacial score (nSPS) is 26.0. The van der Waals surface area contributed by atoms with E-state index >= 15 is 0 Å². The molecule has 2 atom stereocenters. The second-order valence-corrected chi connectivity index (χ2v) is 5.91. The maximum atomic E-state index is 12.4. The Morgan fingerprint density at radius 3 is 3.00 bits per heavy atom. The minimum atomic E-state index is -0.852. The molecule has 5 heteroatoms. The molecule has 0 spiro atoms. The quantitative estimate of drug-likeness (QED) is 0.880. The number of carbonyl (C=O) groups excluding carboxylic acids is 1. The van der Waals surface area contributed by atoms with Crippen LogP contribution in [-0.2, 0) is 5.72 Å². The van der Waals surface area contributed by atoms with Crippen molar-refractivity contribution in [3.05, 3.63) is 59.4 Å². The summed E-state index contributed by atoms with van der Waals surface area (Å²) >= 11 is 0. The number of carbonyl (C=O) groups is 1. The Bertz CT molecular complexity index is 747. The van der Waals surface area contributed by atoms with E-state index < -0.39 is 5.72 Å². The third kappa shape index (κ3) is 1.71. The number of pyridine rings is 1. The van der Waals surface area contributed by atoms with Gasteiger partial charge in [0.05, 0.1) is 6.04 Å². The highest BCUT2D eigenvalue weighted by Crippen LogP contribution is 2.48. The molecule has 1 aromatic heterocycles. The second-order valence-electron chi connectivity index (χ2n) is 5.91. The van der Waals surface area contributed by atoms with Crippen LogP contribution in [0, 0.1) is 6.92 Å². The number of hydrogen-bond acceptors (Lipinski definition) is 3. The first-order valence-electron chi connectivity index (χ1n) is 7.35. The van der Waals surface area contributed by atoms with E-state index in [1.165, 1.54) is 0 Å². The van der Waals surface area contributed by atoms with Crippen LogP contribution in [-0.4, -0.2) is 23.0 Å². The monoisotopic (exact) mass is 295 g/mol. The predicted molar refractivity (Wildman–Crippen MR) is 81.4 cm³/mol. The van der Waals surface area contributed by atoms with Crippen molar-refractivity contribution in [1.82, 2.24) is 15.2 Å². The average molecular weight is 295 g/mol. The average Bonchev–Trinajstić information content (AvgIpc) is 2.53. The van der Waals surface area contributed by atoms with Crippen molar-refractivity contribution >= 4 is 6.03 Å². The molecule has 2 bridgehead atoms. The molecule has 22 heavy (non-hydrogen) atoms. The highest BCUT2D eigenvalue weighted by molar-refractivity contribution is 5.77. The number of aryl methyl sites for hydroxylation is 1. The van der Waals surface area contributed by atoms with Crippen LogP contribution in [0.5, 0.6) is 5.75 Å². The number of ether oxygens (including phenoxy) is 1. The van der Waals surface area contributed by atoms with Crippen LogP contribution < -0.4 is 10.1 Å². The minimum Gasteiger partial charge on any atom is -0.461 e. The van der Waals surface area contributed by atoms with Crippen LogP contribution in [0.15, 0.2) is 42.6 Å². The van der Waals surface area contributed by atoms with Crippen molar-refractivity contribution in [2.75, 3.05) is 7.05 Å².